The molecule has 0 amide bonds. The molecule has 0 saturated carbocycles. The first-order chi connectivity index (χ1) is 12.5. The van der Waals surface area contributed by atoms with E-state index in [1.54, 1.807) is 0 Å². The Labute approximate surface area is 152 Å². The number of nitrogens with zero attached hydrogens (tertiary/aromatic N) is 3. The lowest BCUT2D eigenvalue weighted by molar-refractivity contribution is -0.141. The van der Waals surface area contributed by atoms with Gasteiger partial charge in [-0.2, -0.15) is 26.3 Å². The molecule has 5 nitrogen and oxygen atoms in total. The van der Waals surface area contributed by atoms with Crippen molar-refractivity contribution >= 4 is 28.5 Å². The second kappa shape index (κ2) is 6.91. The highest BCUT2D eigenvalue weighted by atomic mass is 32.2. The van der Waals surface area contributed by atoms with E-state index in [9.17, 15) is 26.3 Å². The molecule has 0 aromatic carbocycles. The van der Waals surface area contributed by atoms with Crippen molar-refractivity contribution in [2.45, 2.75) is 23.9 Å². The number of hydrogen-bond acceptors (Lipinski definition) is 6. The van der Waals surface area contributed by atoms with Crippen LogP contribution in [0.2, 0.25) is 0 Å². The van der Waals surface area contributed by atoms with Crippen LogP contribution in [0.25, 0.3) is 11.0 Å². The van der Waals surface area contributed by atoms with E-state index >= 15 is 0 Å². The molecule has 12 heteroatoms. The number of pyridine rings is 1. The van der Waals surface area contributed by atoms with E-state index in [0.717, 1.165) is 11.8 Å². The highest BCUT2D eigenvalue weighted by Crippen LogP contribution is 2.36. The predicted molar refractivity (Wildman–Crippen MR) is 84.9 cm³/mol. The molecule has 0 radical (unpaired) electrons. The first-order valence-corrected chi connectivity index (χ1v) is 8.30. The van der Waals surface area contributed by atoms with Gasteiger partial charge in [-0.25, -0.2) is 9.97 Å². The number of nitrogens with two attached hydrogens (primary N) is 1. The lowest BCUT2D eigenvalue weighted by atomic mass is 10.1. The van der Waals surface area contributed by atoms with Gasteiger partial charge in [0.05, 0.1) is 6.20 Å². The first kappa shape index (κ1) is 19.3. The van der Waals surface area contributed by atoms with Crippen molar-refractivity contribution in [1.29, 1.82) is 0 Å². The van der Waals surface area contributed by atoms with Crippen LogP contribution in [0, 0.1) is 0 Å². The van der Waals surface area contributed by atoms with E-state index in [4.69, 9.17) is 10.2 Å². The van der Waals surface area contributed by atoms with Crippen LogP contribution in [0.4, 0.5) is 32.2 Å². The molecule has 0 spiro atoms. The number of furan rings is 1. The predicted octanol–water partition coefficient (Wildman–Crippen LogP) is 4.57. The highest BCUT2D eigenvalue weighted by Gasteiger charge is 2.35. The molecule has 3 aromatic heterocycles. The summed E-state index contributed by atoms with van der Waals surface area (Å²) in [6, 6.07) is 1.86. The molecular weight excluding hydrogens is 398 g/mol. The largest absolute Gasteiger partial charge is 0.462 e. The fraction of sp³-hybridized carbons (Fsp3) is 0.267. The average molecular weight is 408 g/mol. The van der Waals surface area contributed by atoms with Crippen LogP contribution in [-0.2, 0) is 18.8 Å². The van der Waals surface area contributed by atoms with E-state index in [0.29, 0.717) is 18.0 Å². The Morgan fingerprint density at radius 3 is 2.44 bits per heavy atom. The summed E-state index contributed by atoms with van der Waals surface area (Å²) in [5.41, 5.74) is 3.59. The molecule has 144 valence electrons. The quantitative estimate of drug-likeness (QED) is 0.387. The van der Waals surface area contributed by atoms with Crippen LogP contribution in [0.3, 0.4) is 0 Å². The summed E-state index contributed by atoms with van der Waals surface area (Å²) in [7, 11) is 0. The maximum atomic E-state index is 12.9. The molecule has 0 bridgehead atoms. The van der Waals surface area contributed by atoms with Gasteiger partial charge in [-0.3, -0.25) is 4.98 Å². The van der Waals surface area contributed by atoms with Crippen molar-refractivity contribution in [3.63, 3.8) is 0 Å². The molecule has 0 aliphatic carbocycles. The molecule has 3 rings (SSSR count). The third kappa shape index (κ3) is 4.43. The summed E-state index contributed by atoms with van der Waals surface area (Å²) < 4.78 is 81.8. The Hall–Kier alpha value is -2.50. The minimum absolute atomic E-state index is 0.00675. The molecule has 0 aliphatic heterocycles. The Kier molecular flexibility index (Phi) is 4.93. The van der Waals surface area contributed by atoms with Crippen molar-refractivity contribution in [3.05, 3.63) is 41.5 Å². The van der Waals surface area contributed by atoms with Gasteiger partial charge in [0.15, 0.2) is 16.4 Å². The number of anilines is 1. The number of alkyl halides is 6. The van der Waals surface area contributed by atoms with Crippen molar-refractivity contribution in [1.82, 2.24) is 15.0 Å². The van der Waals surface area contributed by atoms with Gasteiger partial charge in [-0.15, -0.1) is 0 Å². The second-order valence-corrected chi connectivity index (χ2v) is 6.44. The lowest BCUT2D eigenvalue weighted by Gasteiger charge is -2.08. The number of thioether (sulfide) groups is 1. The van der Waals surface area contributed by atoms with E-state index in [1.165, 1.54) is 12.3 Å². The van der Waals surface area contributed by atoms with Gasteiger partial charge in [0.1, 0.15) is 17.6 Å². The van der Waals surface area contributed by atoms with Crippen LogP contribution in [-0.4, -0.2) is 20.7 Å². The third-order valence-electron chi connectivity index (χ3n) is 3.43. The zero-order chi connectivity index (χ0) is 19.8. The Balaban J connectivity index is 1.73. The van der Waals surface area contributed by atoms with Crippen LogP contribution in [0.5, 0.6) is 0 Å². The van der Waals surface area contributed by atoms with Gasteiger partial charge in [0.2, 0.25) is 0 Å². The summed E-state index contributed by atoms with van der Waals surface area (Å²) in [5.74, 6) is -0.133. The van der Waals surface area contributed by atoms with Crippen LogP contribution in [0.1, 0.15) is 17.0 Å². The first-order valence-electron chi connectivity index (χ1n) is 7.32. The molecule has 0 aliphatic rings. The van der Waals surface area contributed by atoms with Gasteiger partial charge in [-0.1, -0.05) is 11.8 Å². The van der Waals surface area contributed by atoms with Crippen LogP contribution < -0.4 is 5.73 Å². The Morgan fingerprint density at radius 2 is 1.78 bits per heavy atom. The number of aromatic nitrogens is 3. The third-order valence-corrected chi connectivity index (χ3v) is 4.28. The van der Waals surface area contributed by atoms with Crippen molar-refractivity contribution in [2.24, 2.45) is 0 Å². The monoisotopic (exact) mass is 408 g/mol. The summed E-state index contributed by atoms with van der Waals surface area (Å²) in [6.45, 7) is 0. The van der Waals surface area contributed by atoms with Crippen molar-refractivity contribution in [2.75, 3.05) is 11.5 Å². The van der Waals surface area contributed by atoms with E-state index in [2.05, 4.69) is 15.0 Å². The molecule has 3 heterocycles. The molecule has 27 heavy (non-hydrogen) atoms. The number of halogens is 6. The minimum Gasteiger partial charge on any atom is -0.462 e. The fourth-order valence-electron chi connectivity index (χ4n) is 2.23. The average Bonchev–Trinajstić information content (AvgIpc) is 2.97. The lowest BCUT2D eigenvalue weighted by Crippen LogP contribution is -2.11. The van der Waals surface area contributed by atoms with Crippen LogP contribution in [0.15, 0.2) is 34.2 Å². The maximum Gasteiger partial charge on any atom is 0.433 e. The summed E-state index contributed by atoms with van der Waals surface area (Å²) >= 11 is 0.889. The van der Waals surface area contributed by atoms with Gasteiger partial charge in [-0.05, 0) is 12.5 Å². The van der Waals surface area contributed by atoms with E-state index in [-0.39, 0.29) is 34.1 Å². The summed E-state index contributed by atoms with van der Waals surface area (Å²) in [5, 5.41) is -0.306. The molecule has 0 saturated heterocycles. The molecule has 0 unspecified atom stereocenters. The second-order valence-electron chi connectivity index (χ2n) is 5.38. The number of aryl methyl sites for hydroxylation is 1. The molecule has 2 N–H and O–H groups in total. The number of fused-ring (bicyclic) bond motifs is 1. The van der Waals surface area contributed by atoms with Gasteiger partial charge in [0, 0.05) is 22.9 Å². The zero-order valence-electron chi connectivity index (χ0n) is 13.2. The number of rotatable bonds is 4. The highest BCUT2D eigenvalue weighted by molar-refractivity contribution is 7.99. The topological polar surface area (TPSA) is 77.8 Å². The maximum absolute atomic E-state index is 12.9. The molecule has 0 atom stereocenters. The van der Waals surface area contributed by atoms with Crippen molar-refractivity contribution < 1.29 is 30.8 Å². The molecular formula is C15H10F6N4OS. The normalized spacial score (nSPS) is 12.7. The van der Waals surface area contributed by atoms with Gasteiger partial charge >= 0.3 is 12.4 Å². The molecule has 0 fully saturated rings. The number of nitrogen functional groups attached to an aromatic ring is 1. The van der Waals surface area contributed by atoms with Gasteiger partial charge in [0.25, 0.3) is 0 Å². The van der Waals surface area contributed by atoms with E-state index < -0.39 is 23.6 Å². The summed E-state index contributed by atoms with van der Waals surface area (Å²) in [6.07, 6.45) is -7.26. The van der Waals surface area contributed by atoms with Crippen LogP contribution >= 0.6 is 11.8 Å². The Bertz CT molecular complexity index is 969. The standard InChI is InChI=1S/C15H10F6N4OS/c16-14(17,18)9-6-26-10-5-23-7(3-8(9)10)1-2-27-13-24-11(15(19,20)21)4-12(22)25-13/h3-6H,1-2H2,(H2,22,24,25). The summed E-state index contributed by atoms with van der Waals surface area (Å²) in [4.78, 5) is 11.1. The number of hydrogen-bond donors (Lipinski definition) is 1. The zero-order valence-corrected chi connectivity index (χ0v) is 14.0. The fourth-order valence-corrected chi connectivity index (χ4v) is 3.06. The van der Waals surface area contributed by atoms with Gasteiger partial charge < -0.3 is 10.2 Å². The van der Waals surface area contributed by atoms with E-state index in [1.807, 2.05) is 0 Å². The molecule has 3 aromatic rings. The minimum atomic E-state index is -4.66. The smallest absolute Gasteiger partial charge is 0.433 e. The Morgan fingerprint density at radius 1 is 1.04 bits per heavy atom. The SMILES string of the molecule is Nc1cc(C(F)(F)F)nc(SCCc2cc3c(C(F)(F)F)coc3cn2)n1. The van der Waals surface area contributed by atoms with Crippen molar-refractivity contribution in [3.8, 4) is 0 Å².